The zero-order valence-corrected chi connectivity index (χ0v) is 18.7. The van der Waals surface area contributed by atoms with Gasteiger partial charge in [0, 0.05) is 25.9 Å². The number of aryl methyl sites for hydroxylation is 2. The zero-order valence-electron chi connectivity index (χ0n) is 18.7. The lowest BCUT2D eigenvalue weighted by molar-refractivity contribution is -0.135. The summed E-state index contributed by atoms with van der Waals surface area (Å²) in [5, 5.41) is 0. The standard InChI is InChI=1S/C26H31NO4/c1-4-20-6-8-21(9-7-20)30-16-11-24(29)27-14-12-26(13-15-27)17-23(28)22-10-5-18(2)19(3)25(22)31-26/h5-10H,4,11-17H2,1-3H3. The number of hydrogen-bond donors (Lipinski definition) is 0. The highest BCUT2D eigenvalue weighted by Crippen LogP contribution is 2.41. The second-order valence-electron chi connectivity index (χ2n) is 8.75. The molecule has 1 saturated heterocycles. The Kier molecular flexibility index (Phi) is 6.03. The van der Waals surface area contributed by atoms with Gasteiger partial charge in [0.2, 0.25) is 5.91 Å². The molecule has 5 heteroatoms. The maximum absolute atomic E-state index is 12.8. The summed E-state index contributed by atoms with van der Waals surface area (Å²) in [4.78, 5) is 27.3. The molecule has 31 heavy (non-hydrogen) atoms. The third kappa shape index (κ3) is 4.46. The summed E-state index contributed by atoms with van der Waals surface area (Å²) in [6, 6.07) is 11.9. The van der Waals surface area contributed by atoms with Crippen molar-refractivity contribution in [3.05, 3.63) is 58.7 Å². The highest BCUT2D eigenvalue weighted by atomic mass is 16.5. The molecule has 2 aromatic rings. The topological polar surface area (TPSA) is 55.8 Å². The minimum absolute atomic E-state index is 0.0922. The first-order valence-corrected chi connectivity index (χ1v) is 11.2. The zero-order chi connectivity index (χ0) is 22.0. The fourth-order valence-corrected chi connectivity index (χ4v) is 4.46. The van der Waals surface area contributed by atoms with Gasteiger partial charge in [-0.15, -0.1) is 0 Å². The van der Waals surface area contributed by atoms with Crippen LogP contribution in [-0.2, 0) is 11.2 Å². The van der Waals surface area contributed by atoms with Crippen molar-refractivity contribution in [2.24, 2.45) is 0 Å². The summed E-state index contributed by atoms with van der Waals surface area (Å²) in [5.41, 5.74) is 3.63. The molecule has 4 rings (SSSR count). The fourth-order valence-electron chi connectivity index (χ4n) is 4.46. The lowest BCUT2D eigenvalue weighted by atomic mass is 9.81. The molecular weight excluding hydrogens is 390 g/mol. The van der Waals surface area contributed by atoms with Crippen LogP contribution in [0.2, 0.25) is 0 Å². The molecule has 164 valence electrons. The third-order valence-electron chi connectivity index (χ3n) is 6.72. The molecule has 5 nitrogen and oxygen atoms in total. The smallest absolute Gasteiger partial charge is 0.226 e. The number of amides is 1. The van der Waals surface area contributed by atoms with E-state index in [9.17, 15) is 9.59 Å². The van der Waals surface area contributed by atoms with Gasteiger partial charge < -0.3 is 14.4 Å². The Bertz CT molecular complexity index is 972. The number of likely N-dealkylation sites (tertiary alicyclic amines) is 1. The van der Waals surface area contributed by atoms with E-state index in [0.29, 0.717) is 50.9 Å². The van der Waals surface area contributed by atoms with Crippen LogP contribution in [0.25, 0.3) is 0 Å². The molecule has 0 saturated carbocycles. The molecule has 0 radical (unpaired) electrons. The Morgan fingerprint density at radius 3 is 2.48 bits per heavy atom. The summed E-state index contributed by atoms with van der Waals surface area (Å²) < 4.78 is 12.2. The molecule has 2 aliphatic heterocycles. The van der Waals surface area contributed by atoms with Crippen molar-refractivity contribution in [1.29, 1.82) is 0 Å². The molecule has 0 atom stereocenters. The van der Waals surface area contributed by atoms with E-state index in [2.05, 4.69) is 6.92 Å². The normalized spacial score (nSPS) is 17.3. The number of hydrogen-bond acceptors (Lipinski definition) is 4. The molecule has 0 unspecified atom stereocenters. The van der Waals surface area contributed by atoms with Crippen molar-refractivity contribution < 1.29 is 19.1 Å². The van der Waals surface area contributed by atoms with Crippen molar-refractivity contribution in [2.45, 2.75) is 58.5 Å². The molecule has 0 bridgehead atoms. The summed E-state index contributed by atoms with van der Waals surface area (Å²) in [6.07, 6.45) is 3.09. The summed E-state index contributed by atoms with van der Waals surface area (Å²) >= 11 is 0. The minimum Gasteiger partial charge on any atom is -0.493 e. The average molecular weight is 422 g/mol. The van der Waals surface area contributed by atoms with Gasteiger partial charge >= 0.3 is 0 Å². The largest absolute Gasteiger partial charge is 0.493 e. The van der Waals surface area contributed by atoms with Crippen LogP contribution in [0.1, 0.15) is 59.7 Å². The molecule has 1 amide bonds. The van der Waals surface area contributed by atoms with Gasteiger partial charge in [0.25, 0.3) is 0 Å². The molecule has 2 aliphatic rings. The SMILES string of the molecule is CCc1ccc(OCCC(=O)N2CCC3(CC2)CC(=O)c2ccc(C)c(C)c2O3)cc1. The molecule has 1 spiro atoms. The van der Waals surface area contributed by atoms with Crippen LogP contribution in [0.3, 0.4) is 0 Å². The maximum Gasteiger partial charge on any atom is 0.226 e. The molecular formula is C26H31NO4. The first-order valence-electron chi connectivity index (χ1n) is 11.2. The predicted molar refractivity (Wildman–Crippen MR) is 120 cm³/mol. The minimum atomic E-state index is -0.489. The summed E-state index contributed by atoms with van der Waals surface area (Å²) in [6.45, 7) is 7.75. The van der Waals surface area contributed by atoms with E-state index < -0.39 is 5.60 Å². The van der Waals surface area contributed by atoms with Gasteiger partial charge in [0.15, 0.2) is 5.78 Å². The van der Waals surface area contributed by atoms with Crippen LogP contribution in [0.4, 0.5) is 0 Å². The molecule has 0 N–H and O–H groups in total. The Labute approximate surface area is 184 Å². The van der Waals surface area contributed by atoms with Crippen LogP contribution in [0, 0.1) is 13.8 Å². The van der Waals surface area contributed by atoms with Gasteiger partial charge in [-0.2, -0.15) is 0 Å². The number of nitrogens with zero attached hydrogens (tertiary/aromatic N) is 1. The lowest BCUT2D eigenvalue weighted by Crippen LogP contribution is -2.52. The van der Waals surface area contributed by atoms with E-state index in [0.717, 1.165) is 29.0 Å². The van der Waals surface area contributed by atoms with Crippen LogP contribution in [0.5, 0.6) is 11.5 Å². The van der Waals surface area contributed by atoms with E-state index in [-0.39, 0.29) is 11.7 Å². The number of fused-ring (bicyclic) bond motifs is 1. The predicted octanol–water partition coefficient (Wildman–Crippen LogP) is 4.66. The van der Waals surface area contributed by atoms with Gasteiger partial charge in [0.05, 0.1) is 25.0 Å². The number of piperidine rings is 1. The monoisotopic (exact) mass is 421 g/mol. The highest BCUT2D eigenvalue weighted by Gasteiger charge is 2.44. The molecule has 0 aliphatic carbocycles. The van der Waals surface area contributed by atoms with Gasteiger partial charge in [0.1, 0.15) is 17.1 Å². The van der Waals surface area contributed by atoms with Gasteiger partial charge in [-0.1, -0.05) is 25.1 Å². The average Bonchev–Trinajstić information content (AvgIpc) is 2.77. The van der Waals surface area contributed by atoms with Crippen molar-refractivity contribution in [1.82, 2.24) is 4.90 Å². The number of rotatable bonds is 5. The van der Waals surface area contributed by atoms with Gasteiger partial charge in [-0.05, 0) is 55.2 Å². The van der Waals surface area contributed by atoms with Crippen molar-refractivity contribution in [2.75, 3.05) is 19.7 Å². The molecule has 2 aromatic carbocycles. The van der Waals surface area contributed by atoms with Crippen molar-refractivity contribution in [3.63, 3.8) is 0 Å². The lowest BCUT2D eigenvalue weighted by Gasteiger charge is -2.44. The first kappa shape index (κ1) is 21.4. The Morgan fingerprint density at radius 1 is 1.10 bits per heavy atom. The number of benzene rings is 2. The fraction of sp³-hybridized carbons (Fsp3) is 0.462. The Hall–Kier alpha value is -2.82. The van der Waals surface area contributed by atoms with E-state index in [1.54, 1.807) is 0 Å². The van der Waals surface area contributed by atoms with Crippen LogP contribution in [0.15, 0.2) is 36.4 Å². The van der Waals surface area contributed by atoms with E-state index in [1.807, 2.05) is 55.1 Å². The number of carbonyl (C=O) groups is 2. The number of carbonyl (C=O) groups excluding carboxylic acids is 2. The number of ether oxygens (including phenoxy) is 2. The van der Waals surface area contributed by atoms with Crippen molar-refractivity contribution >= 4 is 11.7 Å². The second kappa shape index (κ2) is 8.74. The number of Topliss-reactive ketones (excluding diaryl/α,β-unsaturated/α-hetero) is 1. The molecule has 1 fully saturated rings. The van der Waals surface area contributed by atoms with Crippen LogP contribution >= 0.6 is 0 Å². The Balaban J connectivity index is 1.31. The highest BCUT2D eigenvalue weighted by molar-refractivity contribution is 6.01. The summed E-state index contributed by atoms with van der Waals surface area (Å²) in [7, 11) is 0. The number of ketones is 1. The summed E-state index contributed by atoms with van der Waals surface area (Å²) in [5.74, 6) is 1.76. The quantitative estimate of drug-likeness (QED) is 0.705. The van der Waals surface area contributed by atoms with Gasteiger partial charge in [-0.25, -0.2) is 0 Å². The van der Waals surface area contributed by atoms with E-state index >= 15 is 0 Å². The van der Waals surface area contributed by atoms with E-state index in [4.69, 9.17) is 9.47 Å². The molecule has 2 heterocycles. The maximum atomic E-state index is 12.8. The van der Waals surface area contributed by atoms with Crippen LogP contribution < -0.4 is 9.47 Å². The van der Waals surface area contributed by atoms with E-state index in [1.165, 1.54) is 5.56 Å². The third-order valence-corrected chi connectivity index (χ3v) is 6.72. The van der Waals surface area contributed by atoms with Gasteiger partial charge in [-0.3, -0.25) is 9.59 Å². The van der Waals surface area contributed by atoms with Crippen LogP contribution in [-0.4, -0.2) is 41.9 Å². The second-order valence-corrected chi connectivity index (χ2v) is 8.75. The molecule has 0 aromatic heterocycles. The first-order chi connectivity index (χ1) is 14.9. The van der Waals surface area contributed by atoms with Crippen molar-refractivity contribution in [3.8, 4) is 11.5 Å². The Morgan fingerprint density at radius 2 is 1.81 bits per heavy atom.